The second kappa shape index (κ2) is 6.00. The molecule has 0 saturated heterocycles. The van der Waals surface area contributed by atoms with E-state index in [1.807, 2.05) is 12.1 Å². The molecule has 7 heteroatoms. The molecule has 1 aliphatic carbocycles. The van der Waals surface area contributed by atoms with Crippen molar-refractivity contribution < 1.29 is 13.2 Å². The van der Waals surface area contributed by atoms with Gasteiger partial charge in [0.25, 0.3) is 0 Å². The lowest BCUT2D eigenvalue weighted by molar-refractivity contribution is -0.117. The molecule has 120 valence electrons. The molecule has 0 atom stereocenters. The van der Waals surface area contributed by atoms with Crippen LogP contribution in [0.5, 0.6) is 0 Å². The smallest absolute Gasteiger partial charge is 0.229 e. The molecule has 1 saturated carbocycles. The van der Waals surface area contributed by atoms with E-state index in [9.17, 15) is 13.2 Å². The number of carbonyl (C=O) groups excluding carboxylic acids is 1. The number of sulfonamides is 1. The van der Waals surface area contributed by atoms with E-state index in [1.165, 1.54) is 0 Å². The van der Waals surface area contributed by atoms with Crippen molar-refractivity contribution in [2.75, 3.05) is 16.3 Å². The van der Waals surface area contributed by atoms with Crippen molar-refractivity contribution in [3.05, 3.63) is 42.6 Å². The van der Waals surface area contributed by atoms with Crippen molar-refractivity contribution in [3.8, 4) is 11.1 Å². The zero-order valence-corrected chi connectivity index (χ0v) is 13.4. The Bertz CT molecular complexity index is 845. The summed E-state index contributed by atoms with van der Waals surface area (Å²) in [6, 6.07) is 10.7. The summed E-state index contributed by atoms with van der Waals surface area (Å²) in [5.74, 6) is 0.616. The molecule has 0 aliphatic heterocycles. The number of hydrogen-bond donors (Lipinski definition) is 2. The van der Waals surface area contributed by atoms with Crippen molar-refractivity contribution in [3.63, 3.8) is 0 Å². The van der Waals surface area contributed by atoms with Gasteiger partial charge in [-0.2, -0.15) is 0 Å². The van der Waals surface area contributed by atoms with Gasteiger partial charge in [0.15, 0.2) is 0 Å². The van der Waals surface area contributed by atoms with E-state index < -0.39 is 10.0 Å². The summed E-state index contributed by atoms with van der Waals surface area (Å²) in [4.78, 5) is 16.0. The van der Waals surface area contributed by atoms with Gasteiger partial charge in [0, 0.05) is 17.8 Å². The van der Waals surface area contributed by atoms with Gasteiger partial charge in [0.2, 0.25) is 15.9 Å². The number of benzene rings is 1. The monoisotopic (exact) mass is 331 g/mol. The number of carbonyl (C=O) groups is 1. The first-order valence-electron chi connectivity index (χ1n) is 7.26. The topological polar surface area (TPSA) is 88.2 Å². The lowest BCUT2D eigenvalue weighted by Crippen LogP contribution is -2.14. The molecule has 2 N–H and O–H groups in total. The number of aromatic nitrogens is 1. The lowest BCUT2D eigenvalue weighted by atomic mass is 10.1. The molecule has 1 amide bonds. The summed E-state index contributed by atoms with van der Waals surface area (Å²) >= 11 is 0. The van der Waals surface area contributed by atoms with Crippen molar-refractivity contribution in [2.24, 2.45) is 5.92 Å². The summed E-state index contributed by atoms with van der Waals surface area (Å²) in [6.45, 7) is 0. The molecule has 2 aromatic rings. The van der Waals surface area contributed by atoms with E-state index in [1.54, 1.807) is 30.5 Å². The minimum Gasteiger partial charge on any atom is -0.310 e. The molecule has 1 aromatic heterocycles. The molecule has 1 fully saturated rings. The Hall–Kier alpha value is -2.41. The Labute approximate surface area is 135 Å². The van der Waals surface area contributed by atoms with E-state index in [4.69, 9.17) is 0 Å². The van der Waals surface area contributed by atoms with E-state index in [0.29, 0.717) is 11.5 Å². The number of nitrogens with zero attached hydrogens (tertiary/aromatic N) is 1. The van der Waals surface area contributed by atoms with Crippen LogP contribution in [0.2, 0.25) is 0 Å². The highest BCUT2D eigenvalue weighted by Gasteiger charge is 2.29. The highest BCUT2D eigenvalue weighted by atomic mass is 32.2. The van der Waals surface area contributed by atoms with E-state index >= 15 is 0 Å². The fourth-order valence-corrected chi connectivity index (χ4v) is 2.78. The van der Waals surface area contributed by atoms with Crippen LogP contribution in [0.15, 0.2) is 42.6 Å². The summed E-state index contributed by atoms with van der Waals surface area (Å²) in [6.07, 6.45) is 4.60. The predicted molar refractivity (Wildman–Crippen MR) is 89.5 cm³/mol. The first kappa shape index (κ1) is 15.5. The standard InChI is InChI=1S/C16H17N3O3S/c1-23(21,22)19-14-4-2-3-12(9-14)13-7-8-17-15(10-13)18-16(20)11-5-6-11/h2-4,7-11,19H,5-6H2,1H3,(H,17,18,20). The molecule has 23 heavy (non-hydrogen) atoms. The Morgan fingerprint density at radius 1 is 1.17 bits per heavy atom. The highest BCUT2D eigenvalue weighted by molar-refractivity contribution is 7.92. The van der Waals surface area contributed by atoms with Crippen LogP contribution < -0.4 is 10.0 Å². The summed E-state index contributed by atoms with van der Waals surface area (Å²) in [7, 11) is -3.32. The largest absolute Gasteiger partial charge is 0.310 e. The van der Waals surface area contributed by atoms with Crippen molar-refractivity contribution in [2.45, 2.75) is 12.8 Å². The van der Waals surface area contributed by atoms with E-state index in [2.05, 4.69) is 15.0 Å². The molecule has 1 heterocycles. The Kier molecular flexibility index (Phi) is 4.04. The maximum absolute atomic E-state index is 11.8. The molecule has 1 aliphatic rings. The van der Waals surface area contributed by atoms with Gasteiger partial charge in [0.1, 0.15) is 5.82 Å². The molecule has 6 nitrogen and oxygen atoms in total. The molecule has 1 aromatic carbocycles. The Morgan fingerprint density at radius 3 is 2.61 bits per heavy atom. The van der Waals surface area contributed by atoms with Gasteiger partial charge >= 0.3 is 0 Å². The van der Waals surface area contributed by atoms with Crippen LogP contribution in [-0.4, -0.2) is 25.6 Å². The number of anilines is 2. The number of pyridine rings is 1. The summed E-state index contributed by atoms with van der Waals surface area (Å²) < 4.78 is 25.1. The van der Waals surface area contributed by atoms with Crippen molar-refractivity contribution >= 4 is 27.4 Å². The molecular formula is C16H17N3O3S. The third-order valence-corrected chi connectivity index (χ3v) is 4.06. The van der Waals surface area contributed by atoms with Crippen LogP contribution in [-0.2, 0) is 14.8 Å². The number of amides is 1. The number of hydrogen-bond acceptors (Lipinski definition) is 4. The van der Waals surface area contributed by atoms with Crippen LogP contribution in [0.25, 0.3) is 11.1 Å². The maximum atomic E-state index is 11.8. The van der Waals surface area contributed by atoms with Crippen LogP contribution in [0.4, 0.5) is 11.5 Å². The average Bonchev–Trinajstić information content (AvgIpc) is 3.30. The van der Waals surface area contributed by atoms with Gasteiger partial charge in [-0.05, 0) is 48.2 Å². The zero-order chi connectivity index (χ0) is 16.4. The normalized spacial score (nSPS) is 14.3. The van der Waals surface area contributed by atoms with Gasteiger partial charge in [0.05, 0.1) is 6.26 Å². The average molecular weight is 331 g/mol. The number of rotatable bonds is 5. The first-order chi connectivity index (χ1) is 10.9. The van der Waals surface area contributed by atoms with E-state index in [0.717, 1.165) is 30.2 Å². The minimum absolute atomic E-state index is 0.00198. The lowest BCUT2D eigenvalue weighted by Gasteiger charge is -2.09. The molecule has 3 rings (SSSR count). The summed E-state index contributed by atoms with van der Waals surface area (Å²) in [5.41, 5.74) is 2.18. The van der Waals surface area contributed by atoms with Gasteiger partial charge < -0.3 is 5.32 Å². The van der Waals surface area contributed by atoms with E-state index in [-0.39, 0.29) is 11.8 Å². The molecule has 0 unspecified atom stereocenters. The van der Waals surface area contributed by atoms with Crippen LogP contribution >= 0.6 is 0 Å². The highest BCUT2D eigenvalue weighted by Crippen LogP contribution is 2.30. The molecule has 0 bridgehead atoms. The van der Waals surface area contributed by atoms with Gasteiger partial charge in [-0.3, -0.25) is 9.52 Å². The second-order valence-corrected chi connectivity index (χ2v) is 7.40. The third kappa shape index (κ3) is 4.29. The maximum Gasteiger partial charge on any atom is 0.229 e. The minimum atomic E-state index is -3.32. The van der Waals surface area contributed by atoms with Crippen molar-refractivity contribution in [1.82, 2.24) is 4.98 Å². The fraction of sp³-hybridized carbons (Fsp3) is 0.250. The second-order valence-electron chi connectivity index (χ2n) is 5.65. The number of nitrogens with one attached hydrogen (secondary N) is 2. The van der Waals surface area contributed by atoms with Crippen LogP contribution in [0.1, 0.15) is 12.8 Å². The Balaban J connectivity index is 1.83. The van der Waals surface area contributed by atoms with Gasteiger partial charge in [-0.25, -0.2) is 13.4 Å². The quantitative estimate of drug-likeness (QED) is 0.881. The molecule has 0 spiro atoms. The SMILES string of the molecule is CS(=O)(=O)Nc1cccc(-c2ccnc(NC(=O)C3CC3)c2)c1. The third-order valence-electron chi connectivity index (χ3n) is 3.46. The fourth-order valence-electron chi connectivity index (χ4n) is 2.23. The summed E-state index contributed by atoms with van der Waals surface area (Å²) in [5, 5.41) is 2.81. The Morgan fingerprint density at radius 2 is 1.91 bits per heavy atom. The molecule has 0 radical (unpaired) electrons. The van der Waals surface area contributed by atoms with Crippen molar-refractivity contribution in [1.29, 1.82) is 0 Å². The van der Waals surface area contributed by atoms with Gasteiger partial charge in [-0.1, -0.05) is 12.1 Å². The first-order valence-corrected chi connectivity index (χ1v) is 9.15. The van der Waals surface area contributed by atoms with Crippen LogP contribution in [0.3, 0.4) is 0 Å². The van der Waals surface area contributed by atoms with Crippen LogP contribution in [0, 0.1) is 5.92 Å². The zero-order valence-electron chi connectivity index (χ0n) is 12.6. The van der Waals surface area contributed by atoms with Gasteiger partial charge in [-0.15, -0.1) is 0 Å². The predicted octanol–water partition coefficient (Wildman–Crippen LogP) is 2.47. The molecular weight excluding hydrogens is 314 g/mol.